The molecule has 0 aliphatic rings. The molecule has 0 aliphatic carbocycles. The van der Waals surface area contributed by atoms with Gasteiger partial charge in [0.05, 0.1) is 5.02 Å². The maximum atomic E-state index is 13.3. The van der Waals surface area contributed by atoms with Crippen LogP contribution >= 0.6 is 34.2 Å². The van der Waals surface area contributed by atoms with Crippen LogP contribution in [0.5, 0.6) is 0 Å². The Morgan fingerprint density at radius 2 is 2.05 bits per heavy atom. The molecule has 2 rings (SSSR count). The van der Waals surface area contributed by atoms with E-state index in [1.54, 1.807) is 7.85 Å². The van der Waals surface area contributed by atoms with Gasteiger partial charge in [-0.2, -0.15) is 0 Å². The highest BCUT2D eigenvalue weighted by atomic mass is 127. The Morgan fingerprint density at radius 1 is 1.38 bits per heavy atom. The number of carbonyl (C=O) groups is 1. The first-order chi connectivity index (χ1) is 9.86. The van der Waals surface area contributed by atoms with Gasteiger partial charge in [0.2, 0.25) is 0 Å². The van der Waals surface area contributed by atoms with Crippen LogP contribution in [0.1, 0.15) is 15.9 Å². The Labute approximate surface area is 139 Å². The monoisotopic (exact) mass is 416 g/mol. The Hall–Kier alpha value is -1.48. The molecule has 4 nitrogen and oxygen atoms in total. The van der Waals surface area contributed by atoms with Gasteiger partial charge in [0.25, 0.3) is 0 Å². The van der Waals surface area contributed by atoms with E-state index in [9.17, 15) is 14.1 Å². The molecule has 0 aromatic heterocycles. The first-order valence-corrected chi connectivity index (χ1v) is 7.24. The van der Waals surface area contributed by atoms with E-state index in [1.807, 2.05) is 22.6 Å². The smallest absolute Gasteiger partial charge is 0.196 e. The minimum Gasteiger partial charge on any atom is -0.398 e. The zero-order valence-corrected chi connectivity index (χ0v) is 13.7. The van der Waals surface area contributed by atoms with Crippen LogP contribution in [0.3, 0.4) is 0 Å². The van der Waals surface area contributed by atoms with Crippen molar-refractivity contribution in [3.05, 3.63) is 54.7 Å². The van der Waals surface area contributed by atoms with Crippen molar-refractivity contribution in [2.24, 2.45) is 5.18 Å². The lowest BCUT2D eigenvalue weighted by atomic mass is 9.84. The number of rotatable bonds is 3. The fourth-order valence-electron chi connectivity index (χ4n) is 1.94. The average Bonchev–Trinajstić information content (AvgIpc) is 2.46. The number of halogens is 3. The molecule has 21 heavy (non-hydrogen) atoms. The van der Waals surface area contributed by atoms with Crippen molar-refractivity contribution < 1.29 is 9.18 Å². The largest absolute Gasteiger partial charge is 0.398 e. The molecule has 0 fully saturated rings. The number of hydrogen-bond acceptors (Lipinski definition) is 4. The van der Waals surface area contributed by atoms with Gasteiger partial charge >= 0.3 is 0 Å². The third-order valence-electron chi connectivity index (χ3n) is 3.05. The maximum absolute atomic E-state index is 13.3. The summed E-state index contributed by atoms with van der Waals surface area (Å²) >= 11 is 7.88. The normalized spacial score (nSPS) is 10.4. The van der Waals surface area contributed by atoms with Gasteiger partial charge in [-0.1, -0.05) is 17.1 Å². The predicted molar refractivity (Wildman–Crippen MR) is 92.0 cm³/mol. The first-order valence-electron chi connectivity index (χ1n) is 5.78. The Balaban J connectivity index is 2.71. The van der Waals surface area contributed by atoms with Gasteiger partial charge in [-0.05, 0) is 52.0 Å². The molecule has 106 valence electrons. The first kappa shape index (κ1) is 15.9. The Morgan fingerprint density at radius 3 is 2.67 bits per heavy atom. The number of hydrogen-bond donors (Lipinski definition) is 1. The van der Waals surface area contributed by atoms with Crippen LogP contribution in [0.4, 0.5) is 15.8 Å². The molecule has 0 saturated heterocycles. The highest BCUT2D eigenvalue weighted by molar-refractivity contribution is 14.1. The number of nitrogen functional groups attached to an aromatic ring is 1. The fourth-order valence-corrected chi connectivity index (χ4v) is 2.84. The van der Waals surface area contributed by atoms with Crippen molar-refractivity contribution in [3.63, 3.8) is 0 Å². The number of benzene rings is 2. The van der Waals surface area contributed by atoms with Crippen molar-refractivity contribution in [2.75, 3.05) is 5.73 Å². The maximum Gasteiger partial charge on any atom is 0.196 e. The second-order valence-electron chi connectivity index (χ2n) is 4.34. The molecule has 2 aromatic rings. The van der Waals surface area contributed by atoms with Gasteiger partial charge in [0.1, 0.15) is 19.4 Å². The second kappa shape index (κ2) is 6.11. The van der Waals surface area contributed by atoms with Crippen LogP contribution in [-0.4, -0.2) is 13.6 Å². The molecule has 0 radical (unpaired) electrons. The molecular weight excluding hydrogens is 408 g/mol. The highest BCUT2D eigenvalue weighted by Gasteiger charge is 2.22. The second-order valence-corrected chi connectivity index (χ2v) is 5.91. The van der Waals surface area contributed by atoms with Gasteiger partial charge in [-0.3, -0.25) is 4.79 Å². The predicted octanol–water partition coefficient (Wildman–Crippen LogP) is 2.55. The summed E-state index contributed by atoms with van der Waals surface area (Å²) in [5.74, 6) is -1.19. The SMILES string of the molecule is Bc1c(N)c(I)cc(N=O)c1C(=O)c1cc(F)ccc1Cl. The summed E-state index contributed by atoms with van der Waals surface area (Å²) in [5, 5.41) is 2.96. The lowest BCUT2D eigenvalue weighted by Gasteiger charge is -2.12. The topological polar surface area (TPSA) is 72.5 Å². The van der Waals surface area contributed by atoms with E-state index in [4.69, 9.17) is 17.3 Å². The van der Waals surface area contributed by atoms with E-state index in [2.05, 4.69) is 5.18 Å². The number of carbonyl (C=O) groups excluding carboxylic acids is 1. The number of ketones is 1. The minimum absolute atomic E-state index is 0.0368. The van der Waals surface area contributed by atoms with Gasteiger partial charge < -0.3 is 5.73 Å². The standard InChI is InChI=1S/C13H8BClFIN2O2/c14-11-10(9(19-21)4-8(17)12(11)18)13(20)6-3-5(16)1-2-7(6)15/h1-4H,14,18H2. The number of nitroso groups, excluding NO2 is 1. The van der Waals surface area contributed by atoms with Crippen molar-refractivity contribution >= 4 is 64.7 Å². The van der Waals surface area contributed by atoms with Crippen LogP contribution in [0.2, 0.25) is 5.02 Å². The van der Waals surface area contributed by atoms with Crippen LogP contribution in [0.25, 0.3) is 0 Å². The Kier molecular flexibility index (Phi) is 4.62. The van der Waals surface area contributed by atoms with Gasteiger partial charge in [-0.25, -0.2) is 4.39 Å². The van der Waals surface area contributed by atoms with Crippen LogP contribution in [0.15, 0.2) is 29.4 Å². The summed E-state index contributed by atoms with van der Waals surface area (Å²) < 4.78 is 13.9. The summed E-state index contributed by atoms with van der Waals surface area (Å²) in [6, 6.07) is 4.86. The van der Waals surface area contributed by atoms with E-state index in [-0.39, 0.29) is 21.8 Å². The van der Waals surface area contributed by atoms with Crippen LogP contribution in [0, 0.1) is 14.3 Å². The number of nitrogens with two attached hydrogens (primary N) is 1. The van der Waals surface area contributed by atoms with Crippen molar-refractivity contribution in [3.8, 4) is 0 Å². The summed E-state index contributed by atoms with van der Waals surface area (Å²) in [6.45, 7) is 0. The van der Waals surface area contributed by atoms with Gasteiger partial charge in [0, 0.05) is 20.4 Å². The molecule has 0 amide bonds. The lowest BCUT2D eigenvalue weighted by molar-refractivity contribution is 0.104. The highest BCUT2D eigenvalue weighted by Crippen LogP contribution is 2.29. The third-order valence-corrected chi connectivity index (χ3v) is 4.28. The molecule has 0 bridgehead atoms. The molecule has 0 heterocycles. The molecule has 0 spiro atoms. The summed E-state index contributed by atoms with van der Waals surface area (Å²) in [6.07, 6.45) is 0. The van der Waals surface area contributed by atoms with Crippen LogP contribution < -0.4 is 11.2 Å². The van der Waals surface area contributed by atoms with Gasteiger partial charge in [-0.15, -0.1) is 4.91 Å². The van der Waals surface area contributed by atoms with Crippen molar-refractivity contribution in [2.45, 2.75) is 0 Å². The van der Waals surface area contributed by atoms with Crippen molar-refractivity contribution in [1.82, 2.24) is 0 Å². The third kappa shape index (κ3) is 2.93. The van der Waals surface area contributed by atoms with E-state index in [0.717, 1.165) is 12.1 Å². The van der Waals surface area contributed by atoms with E-state index in [1.165, 1.54) is 12.1 Å². The zero-order valence-electron chi connectivity index (χ0n) is 10.8. The minimum atomic E-state index is -0.598. The molecular formula is C13H8BClFIN2O2. The summed E-state index contributed by atoms with van der Waals surface area (Å²) in [4.78, 5) is 23.6. The van der Waals surface area contributed by atoms with Gasteiger partial charge in [0.15, 0.2) is 5.78 Å². The lowest BCUT2D eigenvalue weighted by Crippen LogP contribution is -2.22. The molecule has 2 N–H and O–H groups in total. The summed E-state index contributed by atoms with van der Waals surface area (Å²) in [7, 11) is 1.60. The molecule has 0 unspecified atom stereocenters. The quantitative estimate of drug-likeness (QED) is 0.275. The van der Waals surface area contributed by atoms with E-state index < -0.39 is 11.6 Å². The average molecular weight is 416 g/mol. The zero-order chi connectivity index (χ0) is 15.7. The Bertz CT molecular complexity index is 770. The van der Waals surface area contributed by atoms with E-state index in [0.29, 0.717) is 14.7 Å². The molecule has 2 aromatic carbocycles. The molecule has 8 heteroatoms. The fraction of sp³-hybridized carbons (Fsp3) is 0. The van der Waals surface area contributed by atoms with Crippen molar-refractivity contribution in [1.29, 1.82) is 0 Å². The molecule has 0 saturated carbocycles. The molecule has 0 atom stereocenters. The number of nitrogens with zero attached hydrogens (tertiary/aromatic N) is 1. The summed E-state index contributed by atoms with van der Waals surface area (Å²) in [5.41, 5.74) is 6.63. The number of anilines is 1. The van der Waals surface area contributed by atoms with Crippen LogP contribution in [-0.2, 0) is 0 Å². The van der Waals surface area contributed by atoms with E-state index >= 15 is 0 Å². The molecule has 0 aliphatic heterocycles.